The number of anilines is 4. The fourth-order valence-electron chi connectivity index (χ4n) is 2.05. The van der Waals surface area contributed by atoms with E-state index in [1.54, 1.807) is 12.1 Å². The summed E-state index contributed by atoms with van der Waals surface area (Å²) in [4.78, 5) is 15.7. The molecule has 0 saturated heterocycles. The van der Waals surface area contributed by atoms with Crippen molar-refractivity contribution in [3.8, 4) is 0 Å². The van der Waals surface area contributed by atoms with Gasteiger partial charge < -0.3 is 10.6 Å². The van der Waals surface area contributed by atoms with Gasteiger partial charge in [-0.25, -0.2) is 0 Å². The molecule has 2 N–H and O–H groups in total. The first kappa shape index (κ1) is 16.1. The zero-order valence-corrected chi connectivity index (χ0v) is 14.4. The summed E-state index contributed by atoms with van der Waals surface area (Å²) in [6.07, 6.45) is 1.53. The predicted octanol–water partition coefficient (Wildman–Crippen LogP) is 4.32. The van der Waals surface area contributed by atoms with Crippen LogP contribution in [0, 0.1) is 0 Å². The number of Topliss-reactive ketones (excluding diaryl/α,β-unsaturated/α-hetero) is 1. The molecule has 0 spiro atoms. The molecule has 3 rings (SSSR count). The molecule has 6 nitrogen and oxygen atoms in total. The summed E-state index contributed by atoms with van der Waals surface area (Å²) in [5.74, 6) is 0.974. The van der Waals surface area contributed by atoms with E-state index < -0.39 is 0 Å². The van der Waals surface area contributed by atoms with Gasteiger partial charge in [0.2, 0.25) is 5.95 Å². The SMILES string of the molecule is CC(=O)c1ccc(Nc2cnnc(Nc3cccc(Br)c3)n2)cc1. The maximum atomic E-state index is 11.3. The van der Waals surface area contributed by atoms with Crippen LogP contribution in [0.5, 0.6) is 0 Å². The Labute approximate surface area is 147 Å². The minimum Gasteiger partial charge on any atom is -0.339 e. The maximum Gasteiger partial charge on any atom is 0.249 e. The third-order valence-corrected chi connectivity index (χ3v) is 3.70. The van der Waals surface area contributed by atoms with Crippen LogP contribution >= 0.6 is 15.9 Å². The fraction of sp³-hybridized carbons (Fsp3) is 0.0588. The molecule has 0 aliphatic rings. The molecule has 2 aromatic carbocycles. The van der Waals surface area contributed by atoms with Crippen LogP contribution in [-0.2, 0) is 0 Å². The molecule has 0 bridgehead atoms. The summed E-state index contributed by atoms with van der Waals surface area (Å²) in [7, 11) is 0. The van der Waals surface area contributed by atoms with Gasteiger partial charge in [-0.15, -0.1) is 5.10 Å². The molecule has 3 aromatic rings. The lowest BCUT2D eigenvalue weighted by Gasteiger charge is -2.08. The van der Waals surface area contributed by atoms with Crippen molar-refractivity contribution in [3.05, 3.63) is 64.8 Å². The highest BCUT2D eigenvalue weighted by Gasteiger charge is 2.04. The molecule has 0 atom stereocenters. The lowest BCUT2D eigenvalue weighted by molar-refractivity contribution is 0.101. The van der Waals surface area contributed by atoms with E-state index in [0.29, 0.717) is 17.3 Å². The molecule has 0 aliphatic heterocycles. The molecule has 0 amide bonds. The molecule has 0 saturated carbocycles. The number of carbonyl (C=O) groups is 1. The second-order valence-corrected chi connectivity index (χ2v) is 5.97. The van der Waals surface area contributed by atoms with Crippen molar-refractivity contribution < 1.29 is 4.79 Å². The van der Waals surface area contributed by atoms with Crippen molar-refractivity contribution in [1.82, 2.24) is 15.2 Å². The lowest BCUT2D eigenvalue weighted by Crippen LogP contribution is -2.02. The summed E-state index contributed by atoms with van der Waals surface area (Å²) in [5.41, 5.74) is 2.33. The van der Waals surface area contributed by atoms with Crippen molar-refractivity contribution in [2.45, 2.75) is 6.92 Å². The van der Waals surface area contributed by atoms with Crippen LogP contribution in [0.1, 0.15) is 17.3 Å². The lowest BCUT2D eigenvalue weighted by atomic mass is 10.1. The zero-order valence-electron chi connectivity index (χ0n) is 12.8. The van der Waals surface area contributed by atoms with Gasteiger partial charge in [0.1, 0.15) is 0 Å². The summed E-state index contributed by atoms with van der Waals surface area (Å²) in [6, 6.07) is 14.9. The number of halogens is 1. The van der Waals surface area contributed by atoms with Crippen molar-refractivity contribution in [3.63, 3.8) is 0 Å². The first-order chi connectivity index (χ1) is 11.6. The average Bonchev–Trinajstić information content (AvgIpc) is 2.56. The van der Waals surface area contributed by atoms with E-state index >= 15 is 0 Å². The van der Waals surface area contributed by atoms with E-state index in [0.717, 1.165) is 15.8 Å². The Bertz CT molecular complexity index is 867. The number of rotatable bonds is 5. The Hall–Kier alpha value is -2.80. The monoisotopic (exact) mass is 383 g/mol. The van der Waals surface area contributed by atoms with Crippen LogP contribution in [0.2, 0.25) is 0 Å². The van der Waals surface area contributed by atoms with Crippen LogP contribution in [0.3, 0.4) is 0 Å². The van der Waals surface area contributed by atoms with Crippen LogP contribution in [-0.4, -0.2) is 21.0 Å². The number of hydrogen-bond acceptors (Lipinski definition) is 6. The minimum absolute atomic E-state index is 0.0331. The van der Waals surface area contributed by atoms with E-state index in [2.05, 4.69) is 41.7 Å². The van der Waals surface area contributed by atoms with Crippen molar-refractivity contribution in [1.29, 1.82) is 0 Å². The number of nitrogens with one attached hydrogen (secondary N) is 2. The van der Waals surface area contributed by atoms with Crippen molar-refractivity contribution >= 4 is 44.9 Å². The van der Waals surface area contributed by atoms with Gasteiger partial charge >= 0.3 is 0 Å². The Morgan fingerprint density at radius 2 is 1.83 bits per heavy atom. The Morgan fingerprint density at radius 1 is 1.04 bits per heavy atom. The standard InChI is InChI=1S/C17H14BrN5O/c1-11(24)12-5-7-14(8-6-12)20-16-10-19-23-17(22-16)21-15-4-2-3-13(18)9-15/h2-10H,1H3,(H2,20,21,22,23). The third kappa shape index (κ3) is 4.14. The quantitative estimate of drug-likeness (QED) is 0.638. The molecule has 24 heavy (non-hydrogen) atoms. The number of aromatic nitrogens is 3. The molecule has 120 valence electrons. The second-order valence-electron chi connectivity index (χ2n) is 5.06. The van der Waals surface area contributed by atoms with Gasteiger partial charge in [0, 0.05) is 21.4 Å². The van der Waals surface area contributed by atoms with Gasteiger partial charge in [0.15, 0.2) is 11.6 Å². The molecule has 1 aromatic heterocycles. The smallest absolute Gasteiger partial charge is 0.249 e. The van der Waals surface area contributed by atoms with Gasteiger partial charge in [0.25, 0.3) is 0 Å². The van der Waals surface area contributed by atoms with Crippen LogP contribution in [0.4, 0.5) is 23.1 Å². The van der Waals surface area contributed by atoms with E-state index in [4.69, 9.17) is 0 Å². The first-order valence-corrected chi connectivity index (χ1v) is 8.00. The molecule has 0 aliphatic carbocycles. The van der Waals surface area contributed by atoms with E-state index in [1.807, 2.05) is 36.4 Å². The number of benzene rings is 2. The van der Waals surface area contributed by atoms with E-state index in [9.17, 15) is 4.79 Å². The summed E-state index contributed by atoms with van der Waals surface area (Å²) in [5, 5.41) is 14.1. The van der Waals surface area contributed by atoms with Crippen LogP contribution in [0.25, 0.3) is 0 Å². The van der Waals surface area contributed by atoms with Gasteiger partial charge in [0.05, 0.1) is 6.20 Å². The van der Waals surface area contributed by atoms with Gasteiger partial charge in [-0.05, 0) is 49.4 Å². The fourth-order valence-corrected chi connectivity index (χ4v) is 2.45. The zero-order chi connectivity index (χ0) is 16.9. The van der Waals surface area contributed by atoms with Gasteiger partial charge in [-0.3, -0.25) is 4.79 Å². The number of carbonyl (C=O) groups excluding carboxylic acids is 1. The minimum atomic E-state index is 0.0331. The largest absolute Gasteiger partial charge is 0.339 e. The van der Waals surface area contributed by atoms with E-state index in [1.165, 1.54) is 13.1 Å². The molecule has 0 unspecified atom stereocenters. The number of nitrogens with zero attached hydrogens (tertiary/aromatic N) is 3. The number of ketones is 1. The Morgan fingerprint density at radius 3 is 2.54 bits per heavy atom. The van der Waals surface area contributed by atoms with Crippen LogP contribution in [0.15, 0.2) is 59.2 Å². The molecular weight excluding hydrogens is 370 g/mol. The highest BCUT2D eigenvalue weighted by Crippen LogP contribution is 2.20. The van der Waals surface area contributed by atoms with Gasteiger partial charge in [-0.2, -0.15) is 10.1 Å². The highest BCUT2D eigenvalue weighted by atomic mass is 79.9. The van der Waals surface area contributed by atoms with Crippen molar-refractivity contribution in [2.75, 3.05) is 10.6 Å². The summed E-state index contributed by atoms with van der Waals surface area (Å²) in [6.45, 7) is 1.54. The van der Waals surface area contributed by atoms with Crippen molar-refractivity contribution in [2.24, 2.45) is 0 Å². The molecule has 1 heterocycles. The highest BCUT2D eigenvalue weighted by molar-refractivity contribution is 9.10. The molecule has 7 heteroatoms. The third-order valence-electron chi connectivity index (χ3n) is 3.20. The predicted molar refractivity (Wildman–Crippen MR) is 97.0 cm³/mol. The second kappa shape index (κ2) is 7.18. The van der Waals surface area contributed by atoms with E-state index in [-0.39, 0.29) is 5.78 Å². The Kier molecular flexibility index (Phi) is 4.81. The molecule has 0 fully saturated rings. The Balaban J connectivity index is 1.74. The topological polar surface area (TPSA) is 79.8 Å². The normalized spacial score (nSPS) is 10.2. The maximum absolute atomic E-state index is 11.3. The average molecular weight is 384 g/mol. The first-order valence-electron chi connectivity index (χ1n) is 7.20. The number of hydrogen-bond donors (Lipinski definition) is 2. The molecular formula is C17H14BrN5O. The molecule has 0 radical (unpaired) electrons. The van der Waals surface area contributed by atoms with Gasteiger partial charge in [-0.1, -0.05) is 22.0 Å². The van der Waals surface area contributed by atoms with Crippen LogP contribution < -0.4 is 10.6 Å². The summed E-state index contributed by atoms with van der Waals surface area (Å²) < 4.78 is 0.959. The summed E-state index contributed by atoms with van der Waals surface area (Å²) >= 11 is 3.42.